The number of aromatic nitrogens is 2. The number of nitriles is 1. The average molecular weight is 247 g/mol. The Morgan fingerprint density at radius 2 is 1.79 bits per heavy atom. The summed E-state index contributed by atoms with van der Waals surface area (Å²) in [6.07, 6.45) is 0. The molecule has 0 aliphatic rings. The Kier molecular flexibility index (Phi) is 2.57. The highest BCUT2D eigenvalue weighted by molar-refractivity contribution is 5.70. The normalized spacial score (nSPS) is 10.6. The summed E-state index contributed by atoms with van der Waals surface area (Å²) >= 11 is 0. The van der Waals surface area contributed by atoms with Crippen molar-refractivity contribution in [1.82, 2.24) is 9.38 Å². The fraction of sp³-hybridized carbons (Fsp3) is 0.125. The first kappa shape index (κ1) is 11.5. The molecule has 0 bridgehead atoms. The van der Waals surface area contributed by atoms with Gasteiger partial charge in [-0.3, -0.25) is 4.40 Å². The summed E-state index contributed by atoms with van der Waals surface area (Å²) in [5.41, 5.74) is 5.34. The molecule has 0 aliphatic heterocycles. The SMILES string of the molecule is Cc1ccc(-c2nc3cccc(C)n3c2C#N)cc1. The molecule has 0 radical (unpaired) electrons. The third kappa shape index (κ3) is 1.78. The number of aryl methyl sites for hydroxylation is 2. The Morgan fingerprint density at radius 3 is 2.47 bits per heavy atom. The highest BCUT2D eigenvalue weighted by atomic mass is 15.0. The molecule has 2 heterocycles. The predicted molar refractivity (Wildman–Crippen MR) is 74.8 cm³/mol. The first-order chi connectivity index (χ1) is 9.20. The van der Waals surface area contributed by atoms with E-state index in [1.54, 1.807) is 0 Å². The number of hydrogen-bond donors (Lipinski definition) is 0. The molecule has 0 amide bonds. The van der Waals surface area contributed by atoms with Gasteiger partial charge in [-0.1, -0.05) is 35.9 Å². The number of fused-ring (bicyclic) bond motifs is 1. The Balaban J connectivity index is 2.33. The molecule has 92 valence electrons. The number of hydrogen-bond acceptors (Lipinski definition) is 2. The minimum absolute atomic E-state index is 0.594. The van der Waals surface area contributed by atoms with E-state index in [-0.39, 0.29) is 0 Å². The predicted octanol–water partition coefficient (Wildman–Crippen LogP) is 3.49. The number of nitrogens with zero attached hydrogens (tertiary/aromatic N) is 3. The summed E-state index contributed by atoms with van der Waals surface area (Å²) in [7, 11) is 0. The van der Waals surface area contributed by atoms with Crippen LogP contribution < -0.4 is 0 Å². The van der Waals surface area contributed by atoms with Crippen molar-refractivity contribution in [2.45, 2.75) is 13.8 Å². The van der Waals surface area contributed by atoms with Crippen molar-refractivity contribution in [2.75, 3.05) is 0 Å². The van der Waals surface area contributed by atoms with Crippen LogP contribution in [0.3, 0.4) is 0 Å². The van der Waals surface area contributed by atoms with E-state index in [0.717, 1.165) is 22.6 Å². The summed E-state index contributed by atoms with van der Waals surface area (Å²) in [6, 6.07) is 16.2. The second kappa shape index (κ2) is 4.25. The van der Waals surface area contributed by atoms with Crippen molar-refractivity contribution >= 4 is 5.65 Å². The maximum absolute atomic E-state index is 9.43. The molecule has 0 aliphatic carbocycles. The molecule has 0 saturated carbocycles. The molecule has 2 aromatic heterocycles. The third-order valence-corrected chi connectivity index (χ3v) is 3.27. The van der Waals surface area contributed by atoms with E-state index in [0.29, 0.717) is 5.69 Å². The van der Waals surface area contributed by atoms with Crippen LogP contribution in [0.15, 0.2) is 42.5 Å². The fourth-order valence-corrected chi connectivity index (χ4v) is 2.27. The minimum atomic E-state index is 0.594. The number of pyridine rings is 1. The number of benzene rings is 1. The van der Waals surface area contributed by atoms with Gasteiger partial charge in [0, 0.05) is 11.3 Å². The highest BCUT2D eigenvalue weighted by Gasteiger charge is 2.14. The molecule has 0 N–H and O–H groups in total. The van der Waals surface area contributed by atoms with E-state index >= 15 is 0 Å². The van der Waals surface area contributed by atoms with Crippen LogP contribution in [0.5, 0.6) is 0 Å². The van der Waals surface area contributed by atoms with E-state index in [9.17, 15) is 5.26 Å². The Hall–Kier alpha value is -2.60. The van der Waals surface area contributed by atoms with Gasteiger partial charge in [0.2, 0.25) is 0 Å². The van der Waals surface area contributed by atoms with E-state index in [1.807, 2.05) is 60.7 Å². The molecular formula is C16H13N3. The quantitative estimate of drug-likeness (QED) is 0.660. The zero-order valence-corrected chi connectivity index (χ0v) is 10.9. The van der Waals surface area contributed by atoms with Crippen LogP contribution >= 0.6 is 0 Å². The molecule has 3 nitrogen and oxygen atoms in total. The molecule has 0 unspecified atom stereocenters. The minimum Gasteiger partial charge on any atom is -0.288 e. The summed E-state index contributed by atoms with van der Waals surface area (Å²) in [6.45, 7) is 4.03. The van der Waals surface area contributed by atoms with Crippen molar-refractivity contribution < 1.29 is 0 Å². The fourth-order valence-electron chi connectivity index (χ4n) is 2.27. The lowest BCUT2D eigenvalue weighted by atomic mass is 10.1. The highest BCUT2D eigenvalue weighted by Crippen LogP contribution is 2.25. The summed E-state index contributed by atoms with van der Waals surface area (Å²) in [5, 5.41) is 9.43. The van der Waals surface area contributed by atoms with Crippen molar-refractivity contribution in [3.05, 3.63) is 59.4 Å². The van der Waals surface area contributed by atoms with Crippen LogP contribution in [-0.4, -0.2) is 9.38 Å². The Labute approximate surface area is 111 Å². The molecule has 3 rings (SSSR count). The summed E-state index contributed by atoms with van der Waals surface area (Å²) < 4.78 is 1.90. The molecular weight excluding hydrogens is 234 g/mol. The maximum Gasteiger partial charge on any atom is 0.152 e. The lowest BCUT2D eigenvalue weighted by molar-refractivity contribution is 1.07. The van der Waals surface area contributed by atoms with Crippen LogP contribution in [0.4, 0.5) is 0 Å². The smallest absolute Gasteiger partial charge is 0.152 e. The third-order valence-electron chi connectivity index (χ3n) is 3.27. The van der Waals surface area contributed by atoms with Gasteiger partial charge in [0.05, 0.1) is 0 Å². The molecule has 0 atom stereocenters. The molecule has 0 spiro atoms. The van der Waals surface area contributed by atoms with E-state index in [1.165, 1.54) is 5.56 Å². The summed E-state index contributed by atoms with van der Waals surface area (Å²) in [5.74, 6) is 0. The van der Waals surface area contributed by atoms with Gasteiger partial charge in [0.25, 0.3) is 0 Å². The van der Waals surface area contributed by atoms with E-state index < -0.39 is 0 Å². The topological polar surface area (TPSA) is 41.1 Å². The lowest BCUT2D eigenvalue weighted by Crippen LogP contribution is -1.93. The zero-order valence-electron chi connectivity index (χ0n) is 10.9. The van der Waals surface area contributed by atoms with Crippen molar-refractivity contribution in [2.24, 2.45) is 0 Å². The first-order valence-electron chi connectivity index (χ1n) is 6.16. The van der Waals surface area contributed by atoms with Gasteiger partial charge in [0.1, 0.15) is 17.4 Å². The number of imidazole rings is 1. The van der Waals surface area contributed by atoms with Crippen LogP contribution in [0, 0.1) is 25.2 Å². The summed E-state index contributed by atoms with van der Waals surface area (Å²) in [4.78, 5) is 4.58. The Bertz CT molecular complexity index is 789. The van der Waals surface area contributed by atoms with Gasteiger partial charge in [-0.15, -0.1) is 0 Å². The van der Waals surface area contributed by atoms with E-state index in [2.05, 4.69) is 11.1 Å². The van der Waals surface area contributed by atoms with Gasteiger partial charge in [-0.2, -0.15) is 5.26 Å². The van der Waals surface area contributed by atoms with Gasteiger partial charge in [-0.25, -0.2) is 4.98 Å². The number of rotatable bonds is 1. The van der Waals surface area contributed by atoms with Crippen molar-refractivity contribution in [1.29, 1.82) is 5.26 Å². The van der Waals surface area contributed by atoms with Crippen LogP contribution in [0.1, 0.15) is 17.0 Å². The lowest BCUT2D eigenvalue weighted by Gasteiger charge is -2.00. The van der Waals surface area contributed by atoms with Gasteiger partial charge < -0.3 is 0 Å². The van der Waals surface area contributed by atoms with Crippen molar-refractivity contribution in [3.63, 3.8) is 0 Å². The second-order valence-corrected chi connectivity index (χ2v) is 4.65. The second-order valence-electron chi connectivity index (χ2n) is 4.65. The average Bonchev–Trinajstić information content (AvgIpc) is 2.79. The first-order valence-corrected chi connectivity index (χ1v) is 6.16. The molecule has 3 heteroatoms. The van der Waals surface area contributed by atoms with Crippen LogP contribution in [0.25, 0.3) is 16.9 Å². The van der Waals surface area contributed by atoms with E-state index in [4.69, 9.17) is 0 Å². The van der Waals surface area contributed by atoms with Gasteiger partial charge in [0.15, 0.2) is 5.69 Å². The molecule has 19 heavy (non-hydrogen) atoms. The Morgan fingerprint density at radius 1 is 1.05 bits per heavy atom. The zero-order chi connectivity index (χ0) is 13.4. The van der Waals surface area contributed by atoms with Crippen LogP contribution in [0.2, 0.25) is 0 Å². The molecule has 0 fully saturated rings. The molecule has 1 aromatic carbocycles. The van der Waals surface area contributed by atoms with Gasteiger partial charge in [-0.05, 0) is 26.0 Å². The largest absolute Gasteiger partial charge is 0.288 e. The standard InChI is InChI=1S/C16H13N3/c1-11-6-8-13(9-7-11)16-14(10-17)19-12(2)4-3-5-15(19)18-16/h3-9H,1-2H3. The van der Waals surface area contributed by atoms with Crippen LogP contribution in [-0.2, 0) is 0 Å². The maximum atomic E-state index is 9.43. The molecule has 0 saturated heterocycles. The van der Waals surface area contributed by atoms with Gasteiger partial charge >= 0.3 is 0 Å². The monoisotopic (exact) mass is 247 g/mol. The molecule has 3 aromatic rings. The van der Waals surface area contributed by atoms with Crippen molar-refractivity contribution in [3.8, 4) is 17.3 Å².